The van der Waals surface area contributed by atoms with E-state index in [2.05, 4.69) is 31.4 Å². The number of fused-ring (bicyclic) bond motifs is 5. The summed E-state index contributed by atoms with van der Waals surface area (Å²) in [6.07, 6.45) is 11.3. The molecule has 11 heteroatoms. The Morgan fingerprint density at radius 1 is 1.07 bits per heavy atom. The summed E-state index contributed by atoms with van der Waals surface area (Å²) in [5, 5.41) is 11.0. The van der Waals surface area contributed by atoms with Gasteiger partial charge in [0.15, 0.2) is 5.82 Å². The van der Waals surface area contributed by atoms with Crippen LogP contribution in [0.15, 0.2) is 55.0 Å². The molecule has 9 rings (SSSR count). The van der Waals surface area contributed by atoms with Crippen LogP contribution in [0.5, 0.6) is 6.01 Å². The molecule has 4 saturated heterocycles. The lowest BCUT2D eigenvalue weighted by molar-refractivity contribution is 0.108. The fourth-order valence-corrected chi connectivity index (χ4v) is 8.86. The number of aryl methyl sites for hydroxylation is 1. The number of hydrogen-bond donors (Lipinski definition) is 1. The van der Waals surface area contributed by atoms with E-state index in [-0.39, 0.29) is 22.8 Å². The number of benzene rings is 2. The fourth-order valence-electron chi connectivity index (χ4n) is 8.57. The number of hydrogen-bond acceptors (Lipinski definition) is 8. The van der Waals surface area contributed by atoms with Gasteiger partial charge in [0.2, 0.25) is 0 Å². The standard InChI is InChI=1S/C35H36ClFN8O/c1-43-16-23(14-39-43)22-13-35(11-4-12-45(35)17-22)20-46-34-41-32-27(33(42-34)44-18-24-9-10-25(19-44)40-24)15-38-31(30(32)37)26-7-2-5-21-6-3-8-28(36)29(21)26/h2-3,5-8,14-16,22,24-25,40H,4,9-13,17-20H2,1H3/t22-,24?,25?,35-/m1/s1. The second-order valence-electron chi connectivity index (χ2n) is 13.6. The van der Waals surface area contributed by atoms with Crippen LogP contribution in [0.3, 0.4) is 0 Å². The van der Waals surface area contributed by atoms with Gasteiger partial charge in [-0.2, -0.15) is 15.1 Å². The first-order valence-electron chi connectivity index (χ1n) is 16.4. The van der Waals surface area contributed by atoms with Crippen molar-refractivity contribution in [2.45, 2.75) is 55.6 Å². The molecule has 4 atom stereocenters. The quantitative estimate of drug-likeness (QED) is 0.253. The molecule has 9 nitrogen and oxygen atoms in total. The number of ether oxygens (including phenoxy) is 1. The SMILES string of the molecule is Cn1cc([C@H]2CN3CCC[C@]3(COc3nc(N4CC5CCC(C4)N5)c4cnc(-c5cccc6cccc(Cl)c56)c(F)c4n3)C2)cn1. The minimum absolute atomic E-state index is 0.102. The van der Waals surface area contributed by atoms with Crippen LogP contribution in [-0.4, -0.2) is 80.0 Å². The van der Waals surface area contributed by atoms with E-state index in [9.17, 15) is 0 Å². The highest BCUT2D eigenvalue weighted by atomic mass is 35.5. The molecule has 236 valence electrons. The molecule has 3 aromatic heterocycles. The lowest BCUT2D eigenvalue weighted by atomic mass is 9.88. The Hall–Kier alpha value is -3.86. The largest absolute Gasteiger partial charge is 0.461 e. The summed E-state index contributed by atoms with van der Waals surface area (Å²) in [5.41, 5.74) is 2.25. The van der Waals surface area contributed by atoms with E-state index in [0.717, 1.165) is 69.1 Å². The van der Waals surface area contributed by atoms with E-state index in [4.69, 9.17) is 26.3 Å². The van der Waals surface area contributed by atoms with Crippen molar-refractivity contribution < 1.29 is 9.13 Å². The molecule has 4 fully saturated rings. The lowest BCUT2D eigenvalue weighted by Crippen LogP contribution is -2.51. The molecule has 4 aliphatic rings. The molecule has 0 radical (unpaired) electrons. The maximum atomic E-state index is 16.8. The Morgan fingerprint density at radius 3 is 2.70 bits per heavy atom. The van der Waals surface area contributed by atoms with Gasteiger partial charge in [0.1, 0.15) is 23.6 Å². The third-order valence-electron chi connectivity index (χ3n) is 10.7. The van der Waals surface area contributed by atoms with Gasteiger partial charge in [-0.1, -0.05) is 41.9 Å². The molecule has 2 aromatic carbocycles. The van der Waals surface area contributed by atoms with Gasteiger partial charge < -0.3 is 15.0 Å². The van der Waals surface area contributed by atoms with Crippen LogP contribution in [0.25, 0.3) is 32.9 Å². The third kappa shape index (κ3) is 4.64. The van der Waals surface area contributed by atoms with Crippen molar-refractivity contribution in [3.8, 4) is 17.3 Å². The van der Waals surface area contributed by atoms with E-state index in [1.165, 1.54) is 5.56 Å². The molecule has 0 spiro atoms. The third-order valence-corrected chi connectivity index (χ3v) is 11.1. The van der Waals surface area contributed by atoms with Gasteiger partial charge in [-0.3, -0.25) is 14.6 Å². The van der Waals surface area contributed by atoms with Gasteiger partial charge in [-0.25, -0.2) is 4.39 Å². The number of aromatic nitrogens is 5. The highest BCUT2D eigenvalue weighted by Gasteiger charge is 2.49. The number of piperazine rings is 1. The first kappa shape index (κ1) is 28.4. The zero-order chi connectivity index (χ0) is 31.0. The lowest BCUT2D eigenvalue weighted by Gasteiger charge is -2.34. The molecular weight excluding hydrogens is 603 g/mol. The van der Waals surface area contributed by atoms with Crippen molar-refractivity contribution in [1.82, 2.24) is 34.9 Å². The topological polar surface area (TPSA) is 84.2 Å². The second kappa shape index (κ2) is 10.9. The Morgan fingerprint density at radius 2 is 1.89 bits per heavy atom. The summed E-state index contributed by atoms with van der Waals surface area (Å²) in [6.45, 7) is 4.09. The minimum Gasteiger partial charge on any atom is -0.461 e. The van der Waals surface area contributed by atoms with Crippen molar-refractivity contribution in [2.24, 2.45) is 7.05 Å². The first-order chi connectivity index (χ1) is 22.4. The van der Waals surface area contributed by atoms with Crippen LogP contribution in [0.2, 0.25) is 5.02 Å². The Kier molecular flexibility index (Phi) is 6.70. The number of pyridine rings is 1. The number of rotatable bonds is 6. The van der Waals surface area contributed by atoms with Gasteiger partial charge >= 0.3 is 6.01 Å². The second-order valence-corrected chi connectivity index (χ2v) is 14.0. The smallest absolute Gasteiger partial charge is 0.319 e. The number of nitrogens with zero attached hydrogens (tertiary/aromatic N) is 7. The molecule has 0 amide bonds. The van der Waals surface area contributed by atoms with Gasteiger partial charge in [-0.05, 0) is 55.7 Å². The van der Waals surface area contributed by atoms with Gasteiger partial charge in [0, 0.05) is 73.0 Å². The van der Waals surface area contributed by atoms with Crippen molar-refractivity contribution in [3.05, 3.63) is 71.4 Å². The number of nitrogens with one attached hydrogen (secondary N) is 1. The average molecular weight is 639 g/mol. The number of anilines is 1. The van der Waals surface area contributed by atoms with Crippen molar-refractivity contribution in [1.29, 1.82) is 0 Å². The van der Waals surface area contributed by atoms with Crippen LogP contribution in [0, 0.1) is 5.82 Å². The van der Waals surface area contributed by atoms with Crippen molar-refractivity contribution in [3.63, 3.8) is 0 Å². The summed E-state index contributed by atoms with van der Waals surface area (Å²) in [6, 6.07) is 12.4. The monoisotopic (exact) mass is 638 g/mol. The molecule has 7 heterocycles. The van der Waals surface area contributed by atoms with Gasteiger partial charge in [0.25, 0.3) is 0 Å². The maximum absolute atomic E-state index is 16.8. The normalized spacial score (nSPS) is 26.0. The molecule has 5 aromatic rings. The molecule has 46 heavy (non-hydrogen) atoms. The molecule has 4 aliphatic heterocycles. The Labute approximate surface area is 271 Å². The summed E-state index contributed by atoms with van der Waals surface area (Å²) >= 11 is 6.65. The number of halogens is 2. The highest BCUT2D eigenvalue weighted by Crippen LogP contribution is 2.46. The molecule has 2 bridgehead atoms. The summed E-state index contributed by atoms with van der Waals surface area (Å²) in [7, 11) is 1.96. The van der Waals surface area contributed by atoms with Gasteiger partial charge in [0.05, 0.1) is 17.1 Å². The average Bonchev–Trinajstić information content (AvgIpc) is 3.83. The van der Waals surface area contributed by atoms with Crippen LogP contribution >= 0.6 is 11.6 Å². The van der Waals surface area contributed by atoms with Crippen LogP contribution in [-0.2, 0) is 7.05 Å². The van der Waals surface area contributed by atoms with Crippen molar-refractivity contribution >= 4 is 39.1 Å². The molecular formula is C35H36ClFN8O. The Bertz CT molecular complexity index is 1970. The molecule has 1 N–H and O–H groups in total. The molecule has 0 aliphatic carbocycles. The summed E-state index contributed by atoms with van der Waals surface area (Å²) in [4.78, 5) is 19.3. The first-order valence-corrected chi connectivity index (χ1v) is 16.7. The fraction of sp³-hybridized carbons (Fsp3) is 0.429. The Balaban J connectivity index is 1.12. The predicted molar refractivity (Wildman–Crippen MR) is 177 cm³/mol. The summed E-state index contributed by atoms with van der Waals surface area (Å²) in [5.74, 6) is 0.600. The molecule has 2 unspecified atom stereocenters. The molecule has 0 saturated carbocycles. The summed E-state index contributed by atoms with van der Waals surface area (Å²) < 4.78 is 25.2. The van der Waals surface area contributed by atoms with Crippen LogP contribution in [0.4, 0.5) is 10.2 Å². The maximum Gasteiger partial charge on any atom is 0.319 e. The van der Waals surface area contributed by atoms with Crippen LogP contribution < -0.4 is 15.0 Å². The van der Waals surface area contributed by atoms with E-state index < -0.39 is 5.82 Å². The highest BCUT2D eigenvalue weighted by molar-refractivity contribution is 6.36. The van der Waals surface area contributed by atoms with E-state index in [0.29, 0.717) is 46.4 Å². The zero-order valence-electron chi connectivity index (χ0n) is 25.8. The van der Waals surface area contributed by atoms with E-state index in [1.807, 2.05) is 54.3 Å². The van der Waals surface area contributed by atoms with E-state index >= 15 is 4.39 Å². The zero-order valence-corrected chi connectivity index (χ0v) is 26.5. The van der Waals surface area contributed by atoms with Gasteiger partial charge in [-0.15, -0.1) is 0 Å². The van der Waals surface area contributed by atoms with E-state index in [1.54, 1.807) is 6.20 Å². The minimum atomic E-state index is -0.491. The van der Waals surface area contributed by atoms with Crippen molar-refractivity contribution in [2.75, 3.05) is 37.7 Å². The van der Waals surface area contributed by atoms with Crippen LogP contribution in [0.1, 0.15) is 43.6 Å². The predicted octanol–water partition coefficient (Wildman–Crippen LogP) is 5.71.